The molecule has 5 rings (SSSR count). The van der Waals surface area contributed by atoms with Crippen molar-refractivity contribution in [2.75, 3.05) is 17.0 Å². The van der Waals surface area contributed by atoms with E-state index in [9.17, 15) is 19.7 Å². The molecule has 2 heterocycles. The van der Waals surface area contributed by atoms with Crippen molar-refractivity contribution in [2.45, 2.75) is 13.8 Å². The first kappa shape index (κ1) is 21.2. The van der Waals surface area contributed by atoms with E-state index in [0.29, 0.717) is 28.4 Å². The zero-order valence-corrected chi connectivity index (χ0v) is 18.3. The number of benzene rings is 3. The third-order valence-corrected chi connectivity index (χ3v) is 5.91. The second-order valence-corrected chi connectivity index (χ2v) is 7.91. The van der Waals surface area contributed by atoms with Gasteiger partial charge in [-0.15, -0.1) is 0 Å². The number of hydrogen-bond acceptors (Lipinski definition) is 7. The lowest BCUT2D eigenvalue weighted by Gasteiger charge is -2.19. The number of anilines is 2. The van der Waals surface area contributed by atoms with E-state index in [0.717, 1.165) is 16.0 Å². The second kappa shape index (κ2) is 8.04. The smallest absolute Gasteiger partial charge is 0.282 e. The minimum Gasteiger partial charge on any atom is -0.454 e. The van der Waals surface area contributed by atoms with Crippen molar-refractivity contribution in [2.24, 2.45) is 0 Å². The topological polar surface area (TPSA) is 111 Å². The van der Waals surface area contributed by atoms with Crippen molar-refractivity contribution in [3.8, 4) is 11.5 Å². The normalized spacial score (nSPS) is 14.7. The van der Waals surface area contributed by atoms with Crippen LogP contribution in [0.25, 0.3) is 5.57 Å². The molecule has 0 saturated heterocycles. The van der Waals surface area contributed by atoms with Crippen molar-refractivity contribution >= 4 is 34.4 Å². The molecule has 0 saturated carbocycles. The molecule has 0 radical (unpaired) electrons. The molecule has 2 aliphatic heterocycles. The molecule has 2 aliphatic rings. The number of nitro benzene ring substituents is 1. The Morgan fingerprint density at radius 2 is 1.68 bits per heavy atom. The first-order valence-corrected chi connectivity index (χ1v) is 10.5. The molecule has 1 N–H and O–H groups in total. The minimum absolute atomic E-state index is 0.0682. The van der Waals surface area contributed by atoms with E-state index in [4.69, 9.17) is 9.47 Å². The Labute approximate surface area is 194 Å². The lowest BCUT2D eigenvalue weighted by atomic mass is 10.0. The third-order valence-electron chi connectivity index (χ3n) is 5.91. The third kappa shape index (κ3) is 3.43. The number of nitrogens with one attached hydrogen (secondary N) is 1. The number of ether oxygens (including phenoxy) is 2. The van der Waals surface area contributed by atoms with Crippen LogP contribution in [0.4, 0.5) is 17.1 Å². The van der Waals surface area contributed by atoms with Crippen LogP contribution in [0.2, 0.25) is 0 Å². The fourth-order valence-corrected chi connectivity index (χ4v) is 3.98. The quantitative estimate of drug-likeness (QED) is 0.345. The summed E-state index contributed by atoms with van der Waals surface area (Å²) in [6.07, 6.45) is 0. The van der Waals surface area contributed by atoms with Gasteiger partial charge in [0, 0.05) is 23.9 Å². The minimum atomic E-state index is -0.523. The summed E-state index contributed by atoms with van der Waals surface area (Å²) < 4.78 is 10.7. The van der Waals surface area contributed by atoms with E-state index in [1.807, 2.05) is 19.9 Å². The fraction of sp³-hybridized carbons (Fsp3) is 0.120. The van der Waals surface area contributed by atoms with Crippen LogP contribution in [0, 0.1) is 24.0 Å². The van der Waals surface area contributed by atoms with E-state index in [1.54, 1.807) is 30.3 Å². The molecule has 2 amide bonds. The molecular formula is C25H19N3O6. The summed E-state index contributed by atoms with van der Waals surface area (Å²) in [6, 6.07) is 16.0. The highest BCUT2D eigenvalue weighted by molar-refractivity contribution is 6.46. The van der Waals surface area contributed by atoms with Crippen molar-refractivity contribution in [3.63, 3.8) is 0 Å². The molecule has 9 heteroatoms. The highest BCUT2D eigenvalue weighted by atomic mass is 16.7. The van der Waals surface area contributed by atoms with E-state index in [-0.39, 0.29) is 23.8 Å². The summed E-state index contributed by atoms with van der Waals surface area (Å²) in [5, 5.41) is 14.2. The Morgan fingerprint density at radius 1 is 0.941 bits per heavy atom. The SMILES string of the molecule is Cc1cccc(N2C(=O)C(Nc3ccc4c(c3)OCO4)=C(c3ccc([N+](=O)[O-])cc3)C2=O)c1C. The Hall–Kier alpha value is -4.66. The summed E-state index contributed by atoms with van der Waals surface area (Å²) in [7, 11) is 0. The van der Waals surface area contributed by atoms with Gasteiger partial charge in [-0.25, -0.2) is 4.90 Å². The predicted molar refractivity (Wildman–Crippen MR) is 125 cm³/mol. The molecule has 170 valence electrons. The predicted octanol–water partition coefficient (Wildman–Crippen LogP) is 4.34. The van der Waals surface area contributed by atoms with Crippen LogP contribution in [0.3, 0.4) is 0 Å². The standard InChI is InChI=1S/C25H19N3O6/c1-14-4-3-5-19(15(14)2)27-24(29)22(16-6-9-18(10-7-16)28(31)32)23(25(27)30)26-17-8-11-20-21(12-17)34-13-33-20/h3-12,26H,13H2,1-2H3. The Balaban J connectivity index is 1.61. The van der Waals surface area contributed by atoms with Gasteiger partial charge in [-0.3, -0.25) is 19.7 Å². The highest BCUT2D eigenvalue weighted by Crippen LogP contribution is 2.38. The monoisotopic (exact) mass is 457 g/mol. The Bertz CT molecular complexity index is 1390. The summed E-state index contributed by atoms with van der Waals surface area (Å²) in [5.74, 6) is 0.0621. The number of nitro groups is 1. The van der Waals surface area contributed by atoms with Gasteiger partial charge >= 0.3 is 0 Å². The van der Waals surface area contributed by atoms with Gasteiger partial charge in [-0.1, -0.05) is 12.1 Å². The maximum absolute atomic E-state index is 13.6. The van der Waals surface area contributed by atoms with E-state index < -0.39 is 16.7 Å². The van der Waals surface area contributed by atoms with Crippen LogP contribution < -0.4 is 19.7 Å². The number of amides is 2. The first-order valence-electron chi connectivity index (χ1n) is 10.5. The Morgan fingerprint density at radius 3 is 2.41 bits per heavy atom. The zero-order valence-electron chi connectivity index (χ0n) is 18.3. The number of nitrogens with zero attached hydrogens (tertiary/aromatic N) is 2. The van der Waals surface area contributed by atoms with E-state index >= 15 is 0 Å². The average molecular weight is 457 g/mol. The van der Waals surface area contributed by atoms with E-state index in [2.05, 4.69) is 5.32 Å². The largest absolute Gasteiger partial charge is 0.454 e. The molecule has 3 aromatic rings. The molecule has 34 heavy (non-hydrogen) atoms. The van der Waals surface area contributed by atoms with Crippen molar-refractivity contribution in [3.05, 3.63) is 93.2 Å². The molecule has 0 aromatic heterocycles. The lowest BCUT2D eigenvalue weighted by molar-refractivity contribution is -0.384. The van der Waals surface area contributed by atoms with Crippen LogP contribution in [0.5, 0.6) is 11.5 Å². The summed E-state index contributed by atoms with van der Waals surface area (Å²) in [4.78, 5) is 38.9. The molecular weight excluding hydrogens is 438 g/mol. The van der Waals surface area contributed by atoms with Gasteiger partial charge in [0.05, 0.1) is 16.2 Å². The van der Waals surface area contributed by atoms with Gasteiger partial charge in [0.2, 0.25) is 6.79 Å². The molecule has 0 atom stereocenters. The summed E-state index contributed by atoms with van der Waals surface area (Å²) in [5.41, 5.74) is 3.22. The summed E-state index contributed by atoms with van der Waals surface area (Å²) >= 11 is 0. The first-order chi connectivity index (χ1) is 16.3. The number of carbonyl (C=O) groups excluding carboxylic acids is 2. The van der Waals surface area contributed by atoms with Gasteiger partial charge in [0.25, 0.3) is 17.5 Å². The second-order valence-electron chi connectivity index (χ2n) is 7.91. The van der Waals surface area contributed by atoms with Crippen LogP contribution in [-0.4, -0.2) is 23.5 Å². The molecule has 0 spiro atoms. The van der Waals surface area contributed by atoms with Crippen molar-refractivity contribution < 1.29 is 24.0 Å². The van der Waals surface area contributed by atoms with Crippen LogP contribution >= 0.6 is 0 Å². The van der Waals surface area contributed by atoms with Gasteiger partial charge in [0.1, 0.15) is 5.70 Å². The number of aryl methyl sites for hydroxylation is 1. The van der Waals surface area contributed by atoms with Gasteiger partial charge in [0.15, 0.2) is 11.5 Å². The average Bonchev–Trinajstić information content (AvgIpc) is 3.38. The molecule has 0 fully saturated rings. The molecule has 3 aromatic carbocycles. The Kier molecular flexibility index (Phi) is 5.01. The molecule has 0 unspecified atom stereocenters. The van der Waals surface area contributed by atoms with Gasteiger partial charge in [-0.05, 0) is 60.9 Å². The highest BCUT2D eigenvalue weighted by Gasteiger charge is 2.41. The number of rotatable bonds is 5. The van der Waals surface area contributed by atoms with E-state index in [1.165, 1.54) is 24.3 Å². The maximum Gasteiger partial charge on any atom is 0.282 e. The number of hydrogen-bond donors (Lipinski definition) is 1. The zero-order chi connectivity index (χ0) is 24.0. The number of fused-ring (bicyclic) bond motifs is 1. The maximum atomic E-state index is 13.6. The molecule has 9 nitrogen and oxygen atoms in total. The number of imide groups is 1. The fourth-order valence-electron chi connectivity index (χ4n) is 3.98. The van der Waals surface area contributed by atoms with Crippen LogP contribution in [0.1, 0.15) is 16.7 Å². The van der Waals surface area contributed by atoms with Crippen LogP contribution in [0.15, 0.2) is 66.4 Å². The van der Waals surface area contributed by atoms with Gasteiger partial charge < -0.3 is 14.8 Å². The molecule has 0 aliphatic carbocycles. The van der Waals surface area contributed by atoms with Crippen molar-refractivity contribution in [1.29, 1.82) is 0 Å². The van der Waals surface area contributed by atoms with Crippen LogP contribution in [-0.2, 0) is 9.59 Å². The lowest BCUT2D eigenvalue weighted by Crippen LogP contribution is -2.33. The number of carbonyl (C=O) groups is 2. The van der Waals surface area contributed by atoms with Crippen molar-refractivity contribution in [1.82, 2.24) is 0 Å². The number of non-ortho nitro benzene ring substituents is 1. The summed E-state index contributed by atoms with van der Waals surface area (Å²) in [6.45, 7) is 3.85. The molecule has 0 bridgehead atoms. The van der Waals surface area contributed by atoms with Gasteiger partial charge in [-0.2, -0.15) is 0 Å².